The Morgan fingerprint density at radius 2 is 1.85 bits per heavy atom. The predicted octanol–water partition coefficient (Wildman–Crippen LogP) is 3.47. The molecule has 3 rings (SSSR count). The van der Waals surface area contributed by atoms with Crippen LogP contribution in [0, 0.1) is 6.92 Å². The summed E-state index contributed by atoms with van der Waals surface area (Å²) in [6.45, 7) is 1.98. The molecule has 2 aromatic heterocycles. The third-order valence-corrected chi connectivity index (χ3v) is 3.86. The molecule has 0 saturated carbocycles. The van der Waals surface area contributed by atoms with E-state index in [0.717, 1.165) is 10.4 Å². The fourth-order valence-corrected chi connectivity index (χ4v) is 2.62. The van der Waals surface area contributed by atoms with Crippen LogP contribution in [0.4, 0.5) is 0 Å². The number of rotatable bonds is 3. The highest BCUT2D eigenvalue weighted by atomic mass is 32.1. The minimum atomic E-state index is -0.961. The molecule has 0 spiro atoms. The number of hydrogen-bond donors (Lipinski definition) is 1. The van der Waals surface area contributed by atoms with Gasteiger partial charge in [-0.3, -0.25) is 0 Å². The second-order valence-corrected chi connectivity index (χ2v) is 5.14. The molecule has 0 bridgehead atoms. The van der Waals surface area contributed by atoms with Crippen LogP contribution in [0.25, 0.3) is 22.2 Å². The minimum Gasteiger partial charge on any atom is -0.478 e. The summed E-state index contributed by atoms with van der Waals surface area (Å²) in [6.07, 6.45) is 0. The fraction of sp³-hybridized carbons (Fsp3) is 0.0714. The van der Waals surface area contributed by atoms with Crippen molar-refractivity contribution in [3.63, 3.8) is 0 Å². The molecule has 0 fully saturated rings. The van der Waals surface area contributed by atoms with Gasteiger partial charge in [0.1, 0.15) is 0 Å². The largest absolute Gasteiger partial charge is 0.478 e. The summed E-state index contributed by atoms with van der Waals surface area (Å²) in [4.78, 5) is 11.7. The first-order valence-electron chi connectivity index (χ1n) is 5.87. The number of carboxylic acid groups (broad SMARTS) is 1. The van der Waals surface area contributed by atoms with Crippen LogP contribution in [-0.4, -0.2) is 21.3 Å². The normalized spacial score (nSPS) is 10.7. The van der Waals surface area contributed by atoms with Crippen LogP contribution in [0.2, 0.25) is 0 Å². The van der Waals surface area contributed by atoms with Crippen LogP contribution in [0.15, 0.2) is 40.1 Å². The summed E-state index contributed by atoms with van der Waals surface area (Å²) < 4.78 is 5.64. The minimum absolute atomic E-state index is 0.225. The van der Waals surface area contributed by atoms with Gasteiger partial charge in [-0.15, -0.1) is 21.5 Å². The van der Waals surface area contributed by atoms with E-state index in [2.05, 4.69) is 10.2 Å². The van der Waals surface area contributed by atoms with E-state index in [1.807, 2.05) is 18.4 Å². The average Bonchev–Trinajstić information content (AvgIpc) is 3.07. The standard InChI is InChI=1S/C14H10N2O3S/c1-8-6-7-20-11(8)13-16-15-12(19-13)9-2-4-10(5-3-9)14(17)18/h2-7H,1H3,(H,17,18). The number of carbonyl (C=O) groups is 1. The zero-order valence-electron chi connectivity index (χ0n) is 10.5. The van der Waals surface area contributed by atoms with Crippen LogP contribution >= 0.6 is 11.3 Å². The number of aromatic carboxylic acids is 1. The van der Waals surface area contributed by atoms with E-state index in [9.17, 15) is 4.79 Å². The van der Waals surface area contributed by atoms with Gasteiger partial charge in [-0.25, -0.2) is 4.79 Å². The Morgan fingerprint density at radius 1 is 1.15 bits per heavy atom. The Labute approximate surface area is 118 Å². The van der Waals surface area contributed by atoms with Crippen molar-refractivity contribution in [1.29, 1.82) is 0 Å². The molecule has 0 aliphatic carbocycles. The van der Waals surface area contributed by atoms with Gasteiger partial charge in [0, 0.05) is 5.56 Å². The smallest absolute Gasteiger partial charge is 0.335 e. The molecular weight excluding hydrogens is 276 g/mol. The number of nitrogens with zero attached hydrogens (tertiary/aromatic N) is 2. The zero-order valence-corrected chi connectivity index (χ0v) is 11.3. The first kappa shape index (κ1) is 12.6. The highest BCUT2D eigenvalue weighted by Crippen LogP contribution is 2.30. The predicted molar refractivity (Wildman–Crippen MR) is 74.7 cm³/mol. The van der Waals surface area contributed by atoms with Crippen molar-refractivity contribution < 1.29 is 14.3 Å². The van der Waals surface area contributed by atoms with E-state index in [-0.39, 0.29) is 5.56 Å². The van der Waals surface area contributed by atoms with Gasteiger partial charge in [0.25, 0.3) is 5.89 Å². The lowest BCUT2D eigenvalue weighted by Gasteiger charge is -1.96. The Hall–Kier alpha value is -2.47. The number of benzene rings is 1. The quantitative estimate of drug-likeness (QED) is 0.797. The molecule has 0 radical (unpaired) electrons. The van der Waals surface area contributed by atoms with Gasteiger partial charge in [0.15, 0.2) is 0 Å². The van der Waals surface area contributed by atoms with E-state index >= 15 is 0 Å². The highest BCUT2D eigenvalue weighted by molar-refractivity contribution is 7.13. The molecule has 0 amide bonds. The lowest BCUT2D eigenvalue weighted by molar-refractivity contribution is 0.0697. The summed E-state index contributed by atoms with van der Waals surface area (Å²) in [6, 6.07) is 8.32. The maximum absolute atomic E-state index is 10.8. The van der Waals surface area contributed by atoms with Crippen LogP contribution in [0.1, 0.15) is 15.9 Å². The molecule has 1 aromatic carbocycles. The maximum Gasteiger partial charge on any atom is 0.335 e. The summed E-state index contributed by atoms with van der Waals surface area (Å²) in [5.41, 5.74) is 2.01. The molecule has 100 valence electrons. The van der Waals surface area contributed by atoms with E-state index in [0.29, 0.717) is 17.3 Å². The van der Waals surface area contributed by atoms with Gasteiger partial charge < -0.3 is 9.52 Å². The molecule has 3 aromatic rings. The lowest BCUT2D eigenvalue weighted by Crippen LogP contribution is -1.94. The summed E-state index contributed by atoms with van der Waals surface area (Å²) in [7, 11) is 0. The second kappa shape index (κ2) is 4.90. The van der Waals surface area contributed by atoms with E-state index < -0.39 is 5.97 Å². The van der Waals surface area contributed by atoms with Crippen molar-refractivity contribution in [3.05, 3.63) is 46.8 Å². The molecule has 6 heteroatoms. The number of thiophene rings is 1. The van der Waals surface area contributed by atoms with Crippen molar-refractivity contribution >= 4 is 17.3 Å². The number of hydrogen-bond acceptors (Lipinski definition) is 5. The highest BCUT2D eigenvalue weighted by Gasteiger charge is 2.13. The molecule has 0 aliphatic rings. The molecule has 0 atom stereocenters. The van der Waals surface area contributed by atoms with Crippen molar-refractivity contribution in [2.75, 3.05) is 0 Å². The van der Waals surface area contributed by atoms with Crippen LogP contribution in [0.3, 0.4) is 0 Å². The Bertz CT molecular complexity index is 759. The van der Waals surface area contributed by atoms with E-state index in [4.69, 9.17) is 9.52 Å². The summed E-state index contributed by atoms with van der Waals surface area (Å²) in [5.74, 6) is -0.100. The molecule has 20 heavy (non-hydrogen) atoms. The maximum atomic E-state index is 10.8. The molecule has 5 nitrogen and oxygen atoms in total. The third kappa shape index (κ3) is 2.21. The molecule has 1 N–H and O–H groups in total. The second-order valence-electron chi connectivity index (χ2n) is 4.23. The van der Waals surface area contributed by atoms with Gasteiger partial charge in [0.2, 0.25) is 5.89 Å². The van der Waals surface area contributed by atoms with Gasteiger partial charge in [-0.05, 0) is 48.2 Å². The van der Waals surface area contributed by atoms with Crippen LogP contribution in [0.5, 0.6) is 0 Å². The van der Waals surface area contributed by atoms with Crippen LogP contribution in [-0.2, 0) is 0 Å². The van der Waals surface area contributed by atoms with Gasteiger partial charge in [-0.2, -0.15) is 0 Å². The average molecular weight is 286 g/mol. The number of aryl methyl sites for hydroxylation is 1. The Morgan fingerprint density at radius 3 is 2.45 bits per heavy atom. The first-order chi connectivity index (χ1) is 9.65. The van der Waals surface area contributed by atoms with Crippen LogP contribution < -0.4 is 0 Å². The van der Waals surface area contributed by atoms with Crippen molar-refractivity contribution in [3.8, 4) is 22.2 Å². The molecule has 2 heterocycles. The van der Waals surface area contributed by atoms with Gasteiger partial charge >= 0.3 is 5.97 Å². The lowest BCUT2D eigenvalue weighted by atomic mass is 10.1. The SMILES string of the molecule is Cc1ccsc1-c1nnc(-c2ccc(C(=O)O)cc2)o1. The fourth-order valence-electron chi connectivity index (χ4n) is 1.78. The van der Waals surface area contributed by atoms with Gasteiger partial charge in [0.05, 0.1) is 10.4 Å². The van der Waals surface area contributed by atoms with Gasteiger partial charge in [-0.1, -0.05) is 0 Å². The Kier molecular flexibility index (Phi) is 3.08. The molecule has 0 aliphatic heterocycles. The monoisotopic (exact) mass is 286 g/mol. The number of aromatic nitrogens is 2. The first-order valence-corrected chi connectivity index (χ1v) is 6.75. The number of carboxylic acids is 1. The molecular formula is C14H10N2O3S. The van der Waals surface area contributed by atoms with E-state index in [1.165, 1.54) is 12.1 Å². The van der Waals surface area contributed by atoms with Crippen molar-refractivity contribution in [2.45, 2.75) is 6.92 Å². The molecule has 0 unspecified atom stereocenters. The summed E-state index contributed by atoms with van der Waals surface area (Å²) >= 11 is 1.54. The topological polar surface area (TPSA) is 76.2 Å². The van der Waals surface area contributed by atoms with Crippen molar-refractivity contribution in [2.24, 2.45) is 0 Å². The van der Waals surface area contributed by atoms with Crippen molar-refractivity contribution in [1.82, 2.24) is 10.2 Å². The summed E-state index contributed by atoms with van der Waals surface area (Å²) in [5, 5.41) is 18.9. The third-order valence-electron chi connectivity index (χ3n) is 2.86. The zero-order chi connectivity index (χ0) is 14.1. The Balaban J connectivity index is 1.94. The van der Waals surface area contributed by atoms with E-state index in [1.54, 1.807) is 23.5 Å². The molecule has 0 saturated heterocycles.